The lowest BCUT2D eigenvalue weighted by molar-refractivity contribution is -0.127. The molecular formula is C40H46N2O2S2. The first kappa shape index (κ1) is 33.6. The number of hydrogen-bond acceptors (Lipinski definition) is 4. The van der Waals surface area contributed by atoms with Gasteiger partial charge in [-0.05, 0) is 84.4 Å². The summed E-state index contributed by atoms with van der Waals surface area (Å²) >= 11 is 3.74. The summed E-state index contributed by atoms with van der Waals surface area (Å²) in [4.78, 5) is 33.8. The Labute approximate surface area is 283 Å². The molecule has 2 amide bonds. The van der Waals surface area contributed by atoms with Crippen LogP contribution < -0.4 is 0 Å². The Balaban J connectivity index is 0.000000181. The third kappa shape index (κ3) is 7.29. The number of amides is 2. The molecule has 4 heterocycles. The first-order valence-corrected chi connectivity index (χ1v) is 18.1. The molecule has 2 aliphatic rings. The van der Waals surface area contributed by atoms with E-state index in [1.807, 2.05) is 32.5 Å². The summed E-state index contributed by atoms with van der Waals surface area (Å²) in [5.74, 6) is 0.593. The van der Waals surface area contributed by atoms with Gasteiger partial charge in [0.05, 0.1) is 13.1 Å². The third-order valence-corrected chi connectivity index (χ3v) is 11.5. The van der Waals surface area contributed by atoms with Crippen molar-refractivity contribution in [3.63, 3.8) is 0 Å². The molecule has 4 aromatic rings. The normalized spacial score (nSPS) is 17.0. The maximum absolute atomic E-state index is 12.2. The van der Waals surface area contributed by atoms with Crippen LogP contribution in [0.1, 0.15) is 91.4 Å². The van der Waals surface area contributed by atoms with Crippen molar-refractivity contribution in [2.45, 2.75) is 78.3 Å². The van der Waals surface area contributed by atoms with Gasteiger partial charge in [-0.1, -0.05) is 88.4 Å². The number of carbonyl (C=O) groups is 2. The SMILES string of the molecule is C=CC(=O)N1Cc2sc(CCC)cc2[C@@H](c2ccccc2C)C1.C=CC(=O)N1Cc2sc(CCC)cc2[C@H](c2ccccc2C)C1. The van der Waals surface area contributed by atoms with Crippen LogP contribution in [-0.2, 0) is 35.5 Å². The van der Waals surface area contributed by atoms with Gasteiger partial charge in [0.1, 0.15) is 0 Å². The van der Waals surface area contributed by atoms with Crippen molar-refractivity contribution in [2.75, 3.05) is 13.1 Å². The Kier molecular flexibility index (Phi) is 11.1. The zero-order valence-electron chi connectivity index (χ0n) is 27.7. The minimum Gasteiger partial charge on any atom is -0.333 e. The molecule has 4 nitrogen and oxygen atoms in total. The molecule has 2 aromatic carbocycles. The van der Waals surface area contributed by atoms with E-state index >= 15 is 0 Å². The highest BCUT2D eigenvalue weighted by atomic mass is 32.1. The lowest BCUT2D eigenvalue weighted by Gasteiger charge is -2.33. The molecule has 240 valence electrons. The predicted molar refractivity (Wildman–Crippen MR) is 194 cm³/mol. The van der Waals surface area contributed by atoms with E-state index in [4.69, 9.17) is 0 Å². The van der Waals surface area contributed by atoms with Crippen molar-refractivity contribution < 1.29 is 9.59 Å². The van der Waals surface area contributed by atoms with Crippen molar-refractivity contribution in [1.29, 1.82) is 0 Å². The highest BCUT2D eigenvalue weighted by Crippen LogP contribution is 2.41. The quantitative estimate of drug-likeness (QED) is 0.178. The third-order valence-electron chi connectivity index (χ3n) is 9.10. The van der Waals surface area contributed by atoms with Crippen LogP contribution in [0, 0.1) is 13.8 Å². The van der Waals surface area contributed by atoms with Crippen molar-refractivity contribution in [3.8, 4) is 0 Å². The van der Waals surface area contributed by atoms with Crippen LogP contribution in [-0.4, -0.2) is 34.7 Å². The molecule has 0 saturated heterocycles. The molecule has 0 bridgehead atoms. The zero-order valence-corrected chi connectivity index (χ0v) is 29.3. The first-order valence-electron chi connectivity index (χ1n) is 16.4. The molecule has 0 radical (unpaired) electrons. The zero-order chi connectivity index (χ0) is 32.8. The van der Waals surface area contributed by atoms with Crippen LogP contribution in [0.15, 0.2) is 86.0 Å². The monoisotopic (exact) mass is 650 g/mol. The number of carbonyl (C=O) groups excluding carboxylic acids is 2. The number of aryl methyl sites for hydroxylation is 4. The fraction of sp³-hybridized carbons (Fsp3) is 0.350. The van der Waals surface area contributed by atoms with E-state index < -0.39 is 0 Å². The molecule has 2 atom stereocenters. The van der Waals surface area contributed by atoms with E-state index in [1.165, 1.54) is 65.0 Å². The minimum absolute atomic E-state index is 0.0275. The fourth-order valence-electron chi connectivity index (χ4n) is 6.77. The maximum Gasteiger partial charge on any atom is 0.246 e. The van der Waals surface area contributed by atoms with E-state index in [0.717, 1.165) is 51.9 Å². The molecular weight excluding hydrogens is 605 g/mol. The average Bonchev–Trinajstić information content (AvgIpc) is 3.67. The van der Waals surface area contributed by atoms with Gasteiger partial charge in [0.15, 0.2) is 0 Å². The standard InChI is InChI=1S/2C20H23NOS/c2*1-4-8-15-11-17-18(16-10-7-6-9-14(16)3)12-21(20(22)5-2)13-19(17)23-15/h2*5-7,9-11,18H,2,4,8,12-13H2,1,3H3/t2*18-/m10/s1. The summed E-state index contributed by atoms with van der Waals surface area (Å²) in [7, 11) is 0. The molecule has 46 heavy (non-hydrogen) atoms. The number of nitrogens with zero attached hydrogens (tertiary/aromatic N) is 2. The average molecular weight is 651 g/mol. The van der Waals surface area contributed by atoms with Gasteiger partial charge in [-0.2, -0.15) is 0 Å². The molecule has 2 aliphatic heterocycles. The lowest BCUT2D eigenvalue weighted by atomic mass is 9.85. The van der Waals surface area contributed by atoms with Gasteiger partial charge in [0.25, 0.3) is 0 Å². The number of rotatable bonds is 8. The topological polar surface area (TPSA) is 40.6 Å². The van der Waals surface area contributed by atoms with Crippen LogP contribution in [0.5, 0.6) is 0 Å². The molecule has 0 fully saturated rings. The predicted octanol–water partition coefficient (Wildman–Crippen LogP) is 9.34. The molecule has 0 saturated carbocycles. The Morgan fingerprint density at radius 2 is 1.09 bits per heavy atom. The molecule has 0 unspecified atom stereocenters. The largest absolute Gasteiger partial charge is 0.333 e. The Morgan fingerprint density at radius 1 is 0.696 bits per heavy atom. The number of hydrogen-bond donors (Lipinski definition) is 0. The van der Waals surface area contributed by atoms with Crippen LogP contribution >= 0.6 is 22.7 Å². The van der Waals surface area contributed by atoms with Gasteiger partial charge >= 0.3 is 0 Å². The molecule has 6 rings (SSSR count). The molecule has 0 spiro atoms. The second kappa shape index (κ2) is 15.2. The van der Waals surface area contributed by atoms with E-state index in [1.54, 1.807) is 0 Å². The van der Waals surface area contributed by atoms with Gasteiger partial charge in [-0.3, -0.25) is 9.59 Å². The smallest absolute Gasteiger partial charge is 0.246 e. The summed E-state index contributed by atoms with van der Waals surface area (Å²) in [6.07, 6.45) is 7.41. The second-order valence-corrected chi connectivity index (χ2v) is 14.8. The molecule has 0 aliphatic carbocycles. The number of fused-ring (bicyclic) bond motifs is 2. The van der Waals surface area contributed by atoms with Crippen LogP contribution in [0.3, 0.4) is 0 Å². The molecule has 2 aromatic heterocycles. The van der Waals surface area contributed by atoms with E-state index in [2.05, 4.69) is 102 Å². The summed E-state index contributed by atoms with van der Waals surface area (Å²) in [5, 5.41) is 0. The van der Waals surface area contributed by atoms with Crippen LogP contribution in [0.25, 0.3) is 0 Å². The van der Waals surface area contributed by atoms with Crippen LogP contribution in [0.4, 0.5) is 0 Å². The van der Waals surface area contributed by atoms with E-state index in [-0.39, 0.29) is 23.7 Å². The van der Waals surface area contributed by atoms with E-state index in [0.29, 0.717) is 0 Å². The van der Waals surface area contributed by atoms with Crippen molar-refractivity contribution in [2.24, 2.45) is 0 Å². The van der Waals surface area contributed by atoms with E-state index in [9.17, 15) is 9.59 Å². The number of thiophene rings is 2. The van der Waals surface area contributed by atoms with Gasteiger partial charge in [0, 0.05) is 44.4 Å². The summed E-state index contributed by atoms with van der Waals surface area (Å²) in [6, 6.07) is 21.8. The minimum atomic E-state index is 0.0275. The summed E-state index contributed by atoms with van der Waals surface area (Å²) in [5.41, 5.74) is 8.08. The van der Waals surface area contributed by atoms with Gasteiger partial charge < -0.3 is 9.80 Å². The van der Waals surface area contributed by atoms with Crippen LogP contribution in [0.2, 0.25) is 0 Å². The molecule has 0 N–H and O–H groups in total. The lowest BCUT2D eigenvalue weighted by Crippen LogP contribution is -2.37. The highest BCUT2D eigenvalue weighted by Gasteiger charge is 2.32. The Hall–Kier alpha value is -3.74. The van der Waals surface area contributed by atoms with Crippen molar-refractivity contribution in [3.05, 3.63) is 139 Å². The van der Waals surface area contributed by atoms with Crippen molar-refractivity contribution in [1.82, 2.24) is 9.80 Å². The second-order valence-electron chi connectivity index (χ2n) is 12.3. The van der Waals surface area contributed by atoms with Gasteiger partial charge in [0.2, 0.25) is 11.8 Å². The first-order chi connectivity index (χ1) is 22.3. The maximum atomic E-state index is 12.2. The fourth-order valence-corrected chi connectivity index (χ4v) is 9.47. The van der Waals surface area contributed by atoms with Gasteiger partial charge in [-0.15, -0.1) is 22.7 Å². The van der Waals surface area contributed by atoms with Crippen molar-refractivity contribution >= 4 is 34.5 Å². The highest BCUT2D eigenvalue weighted by molar-refractivity contribution is 7.12. The molecule has 6 heteroatoms. The van der Waals surface area contributed by atoms with Gasteiger partial charge in [-0.25, -0.2) is 0 Å². The Bertz CT molecular complexity index is 1590. The summed E-state index contributed by atoms with van der Waals surface area (Å²) in [6.45, 7) is 19.0. The Morgan fingerprint density at radius 3 is 1.43 bits per heavy atom. The summed E-state index contributed by atoms with van der Waals surface area (Å²) < 4.78 is 0. The number of benzene rings is 2.